The number of nitrogens with one attached hydrogen (secondary N) is 2. The van der Waals surface area contributed by atoms with Crippen molar-refractivity contribution in [1.82, 2.24) is 5.32 Å². The Hall–Kier alpha value is -2.62. The van der Waals surface area contributed by atoms with Crippen LogP contribution >= 0.6 is 11.3 Å². The number of amides is 2. The van der Waals surface area contributed by atoms with Crippen LogP contribution in [-0.4, -0.2) is 56.7 Å². The summed E-state index contributed by atoms with van der Waals surface area (Å²) in [5, 5.41) is 7.44. The van der Waals surface area contributed by atoms with Crippen LogP contribution in [0.25, 0.3) is 0 Å². The number of carbonyl (C=O) groups excluding carboxylic acids is 2. The van der Waals surface area contributed by atoms with E-state index < -0.39 is 18.3 Å². The van der Waals surface area contributed by atoms with Crippen molar-refractivity contribution in [3.8, 4) is 5.75 Å². The van der Waals surface area contributed by atoms with E-state index in [1.165, 1.54) is 11.3 Å². The van der Waals surface area contributed by atoms with Gasteiger partial charge < -0.3 is 24.3 Å². The van der Waals surface area contributed by atoms with Gasteiger partial charge in [-0.05, 0) is 35.7 Å². The molecule has 8 nitrogen and oxygen atoms in total. The summed E-state index contributed by atoms with van der Waals surface area (Å²) in [6.07, 6.45) is -1.88. The predicted octanol–water partition coefficient (Wildman–Crippen LogP) is 2.27. The molecule has 0 saturated carbocycles. The van der Waals surface area contributed by atoms with Crippen molar-refractivity contribution < 1.29 is 28.5 Å². The highest BCUT2D eigenvalue weighted by Crippen LogP contribution is 2.29. The third kappa shape index (κ3) is 3.96. The zero-order chi connectivity index (χ0) is 19.5. The predicted molar refractivity (Wildman–Crippen MR) is 102 cm³/mol. The smallest absolute Gasteiger partial charge is 0.412 e. The molecule has 0 radical (unpaired) electrons. The molecule has 4 atom stereocenters. The summed E-state index contributed by atoms with van der Waals surface area (Å²) in [5.74, 6) is 0.537. The zero-order valence-corrected chi connectivity index (χ0v) is 15.9. The zero-order valence-electron chi connectivity index (χ0n) is 15.1. The fourth-order valence-corrected chi connectivity index (χ4v) is 3.92. The molecule has 2 saturated heterocycles. The highest BCUT2D eigenvalue weighted by atomic mass is 32.1. The quantitative estimate of drug-likeness (QED) is 0.794. The number of benzene rings is 1. The maximum atomic E-state index is 12.2. The summed E-state index contributed by atoms with van der Waals surface area (Å²) < 4.78 is 22.0. The minimum absolute atomic E-state index is 0.158. The number of ether oxygens (including phenoxy) is 4. The molecule has 2 aliphatic heterocycles. The third-order valence-electron chi connectivity index (χ3n) is 4.66. The van der Waals surface area contributed by atoms with Gasteiger partial charge in [-0.1, -0.05) is 6.07 Å². The summed E-state index contributed by atoms with van der Waals surface area (Å²) in [7, 11) is 1.57. The number of thiophene rings is 1. The van der Waals surface area contributed by atoms with Crippen molar-refractivity contribution in [3.63, 3.8) is 0 Å². The second kappa shape index (κ2) is 8.17. The molecule has 2 amide bonds. The monoisotopic (exact) mass is 404 g/mol. The number of hydrogen-bond donors (Lipinski definition) is 2. The first-order valence-corrected chi connectivity index (χ1v) is 9.71. The van der Waals surface area contributed by atoms with Crippen LogP contribution in [0.3, 0.4) is 0 Å². The fraction of sp³-hybridized carbons (Fsp3) is 0.368. The molecule has 0 unspecified atom stereocenters. The Bertz CT molecular complexity index is 825. The second-order valence-corrected chi connectivity index (χ2v) is 7.40. The van der Waals surface area contributed by atoms with Crippen LogP contribution < -0.4 is 15.4 Å². The van der Waals surface area contributed by atoms with Crippen LogP contribution in [0.5, 0.6) is 5.75 Å². The molecule has 148 valence electrons. The molecule has 2 N–H and O–H groups in total. The minimum atomic E-state index is -0.589. The topological polar surface area (TPSA) is 95.1 Å². The Morgan fingerprint density at radius 2 is 1.89 bits per heavy atom. The summed E-state index contributed by atoms with van der Waals surface area (Å²) in [4.78, 5) is 25.1. The normalized spacial score (nSPS) is 25.8. The Morgan fingerprint density at radius 1 is 1.11 bits per heavy atom. The Morgan fingerprint density at radius 3 is 2.61 bits per heavy atom. The van der Waals surface area contributed by atoms with E-state index in [0.29, 0.717) is 22.9 Å². The molecule has 9 heteroatoms. The standard InChI is InChI=1S/C19H20N2O6S/c1-24-12-6-4-11(5-7-12)20-19(23)27-14-10-26-16-13(9-25-17(14)16)21-18(22)15-3-2-8-28-15/h2-8,13-14,16-17H,9-10H2,1H3,(H,20,23)(H,21,22)/t13-,14+,16+,17+/m0/s1. The molecule has 28 heavy (non-hydrogen) atoms. The molecule has 1 aromatic carbocycles. The van der Waals surface area contributed by atoms with Gasteiger partial charge in [0.15, 0.2) is 6.10 Å². The molecule has 2 aromatic rings. The maximum absolute atomic E-state index is 12.2. The number of anilines is 1. The van der Waals surface area contributed by atoms with Gasteiger partial charge in [0.25, 0.3) is 5.91 Å². The molecular weight excluding hydrogens is 384 g/mol. The highest BCUT2D eigenvalue weighted by molar-refractivity contribution is 7.12. The van der Waals surface area contributed by atoms with Gasteiger partial charge in [-0.15, -0.1) is 11.3 Å². The first kappa shape index (κ1) is 18.7. The molecule has 2 aliphatic rings. The molecular formula is C19H20N2O6S. The van der Waals surface area contributed by atoms with E-state index >= 15 is 0 Å². The highest BCUT2D eigenvalue weighted by Gasteiger charge is 2.50. The minimum Gasteiger partial charge on any atom is -0.497 e. The summed E-state index contributed by atoms with van der Waals surface area (Å²) >= 11 is 1.37. The van der Waals surface area contributed by atoms with Crippen molar-refractivity contribution in [2.24, 2.45) is 0 Å². The van der Waals surface area contributed by atoms with Crippen LogP contribution in [0.1, 0.15) is 9.67 Å². The molecule has 0 spiro atoms. The van der Waals surface area contributed by atoms with Gasteiger partial charge in [-0.2, -0.15) is 0 Å². The number of methoxy groups -OCH3 is 1. The van der Waals surface area contributed by atoms with Crippen molar-refractivity contribution in [3.05, 3.63) is 46.7 Å². The average Bonchev–Trinajstić information content (AvgIpc) is 3.43. The lowest BCUT2D eigenvalue weighted by molar-refractivity contribution is 0.00862. The van der Waals surface area contributed by atoms with E-state index in [1.807, 2.05) is 11.4 Å². The SMILES string of the molecule is COc1ccc(NC(=O)O[C@@H]2CO[C@H]3[C@@H]2OC[C@@H]3NC(=O)c2cccs2)cc1. The lowest BCUT2D eigenvalue weighted by atomic mass is 10.1. The first-order valence-electron chi connectivity index (χ1n) is 8.83. The first-order chi connectivity index (χ1) is 13.6. The van der Waals surface area contributed by atoms with Gasteiger partial charge >= 0.3 is 6.09 Å². The summed E-state index contributed by atoms with van der Waals surface area (Å²) in [6.45, 7) is 0.531. The second-order valence-electron chi connectivity index (χ2n) is 6.45. The summed E-state index contributed by atoms with van der Waals surface area (Å²) in [6, 6.07) is 10.2. The third-order valence-corrected chi connectivity index (χ3v) is 5.53. The average molecular weight is 404 g/mol. The van der Waals surface area contributed by atoms with Gasteiger partial charge in [0.1, 0.15) is 18.0 Å². The lowest BCUT2D eigenvalue weighted by Crippen LogP contribution is -2.44. The molecule has 1 aromatic heterocycles. The van der Waals surface area contributed by atoms with Gasteiger partial charge in [-0.3, -0.25) is 10.1 Å². The van der Waals surface area contributed by atoms with E-state index in [9.17, 15) is 9.59 Å². The van der Waals surface area contributed by atoms with Crippen molar-refractivity contribution in [1.29, 1.82) is 0 Å². The van der Waals surface area contributed by atoms with Crippen LogP contribution in [0.2, 0.25) is 0 Å². The van der Waals surface area contributed by atoms with Gasteiger partial charge in [0, 0.05) is 5.69 Å². The molecule has 4 rings (SSSR count). The van der Waals surface area contributed by atoms with Crippen molar-refractivity contribution in [2.75, 3.05) is 25.6 Å². The molecule has 2 fully saturated rings. The van der Waals surface area contributed by atoms with E-state index in [0.717, 1.165) is 0 Å². The molecule has 0 aliphatic carbocycles. The summed E-state index contributed by atoms with van der Waals surface area (Å²) in [5.41, 5.74) is 0.592. The maximum Gasteiger partial charge on any atom is 0.412 e. The number of hydrogen-bond acceptors (Lipinski definition) is 7. The van der Waals surface area contributed by atoms with Gasteiger partial charge in [0.2, 0.25) is 0 Å². The van der Waals surface area contributed by atoms with E-state index in [4.69, 9.17) is 18.9 Å². The lowest BCUT2D eigenvalue weighted by Gasteiger charge is -2.18. The van der Waals surface area contributed by atoms with Crippen LogP contribution in [-0.2, 0) is 14.2 Å². The van der Waals surface area contributed by atoms with E-state index in [2.05, 4.69) is 10.6 Å². The largest absolute Gasteiger partial charge is 0.497 e. The van der Waals surface area contributed by atoms with Gasteiger partial charge in [0.05, 0.1) is 31.2 Å². The van der Waals surface area contributed by atoms with Crippen molar-refractivity contribution in [2.45, 2.75) is 24.4 Å². The Labute approximate surface area is 165 Å². The number of rotatable bonds is 5. The molecule has 3 heterocycles. The van der Waals surface area contributed by atoms with Crippen LogP contribution in [0, 0.1) is 0 Å². The Balaban J connectivity index is 1.30. The van der Waals surface area contributed by atoms with Crippen LogP contribution in [0.15, 0.2) is 41.8 Å². The van der Waals surface area contributed by atoms with Crippen LogP contribution in [0.4, 0.5) is 10.5 Å². The Kier molecular flexibility index (Phi) is 5.47. The van der Waals surface area contributed by atoms with E-state index in [-0.39, 0.29) is 24.7 Å². The number of carbonyl (C=O) groups is 2. The van der Waals surface area contributed by atoms with Gasteiger partial charge in [-0.25, -0.2) is 4.79 Å². The fourth-order valence-electron chi connectivity index (χ4n) is 3.30. The van der Waals surface area contributed by atoms with E-state index in [1.54, 1.807) is 37.4 Å². The molecule has 0 bridgehead atoms. The van der Waals surface area contributed by atoms with Crippen molar-refractivity contribution >= 4 is 29.0 Å². The number of fused-ring (bicyclic) bond motifs is 1.